The van der Waals surface area contributed by atoms with Crippen molar-refractivity contribution in [3.8, 4) is 0 Å². The predicted molar refractivity (Wildman–Crippen MR) is 163 cm³/mol. The average molecular weight is 674 g/mol. The van der Waals surface area contributed by atoms with Gasteiger partial charge in [-0.05, 0) is 32.6 Å². The average Bonchev–Trinajstić information content (AvgIpc) is 2.95. The molecule has 1 aliphatic rings. The number of carbonyl (C=O) groups excluding carboxylic acids is 7. The van der Waals surface area contributed by atoms with Gasteiger partial charge in [0.25, 0.3) is 0 Å². The minimum absolute atomic E-state index is 0.0333. The van der Waals surface area contributed by atoms with Gasteiger partial charge in [-0.1, -0.05) is 13.8 Å². The molecule has 1 rings (SSSR count). The summed E-state index contributed by atoms with van der Waals surface area (Å²) < 4.78 is 0. The largest absolute Gasteiger partial charge is 0.481 e. The molecule has 6 atom stereocenters. The third-order valence-corrected chi connectivity index (χ3v) is 6.96. The first kappa shape index (κ1) is 39.6. The summed E-state index contributed by atoms with van der Waals surface area (Å²) in [5.74, 6) is -9.19. The Bertz CT molecular complexity index is 1180. The number of rotatable bonds is 6. The van der Waals surface area contributed by atoms with Crippen LogP contribution < -0.4 is 37.2 Å². The van der Waals surface area contributed by atoms with Gasteiger partial charge in [-0.3, -0.25) is 38.4 Å². The molecule has 18 nitrogen and oxygen atoms in total. The third kappa shape index (κ3) is 14.1. The molecule has 0 radical (unpaired) electrons. The molecule has 258 valence electrons. The van der Waals surface area contributed by atoms with Crippen LogP contribution in [0, 0.1) is 5.92 Å². The van der Waals surface area contributed by atoms with Crippen molar-refractivity contribution in [2.24, 2.45) is 5.92 Å². The Hall–Kier alpha value is -4.42. The maximum Gasteiger partial charge on any atom is 0.326 e. The Balaban J connectivity index is 3.32. The van der Waals surface area contributed by atoms with E-state index in [1.807, 2.05) is 0 Å². The second-order valence-corrected chi connectivity index (χ2v) is 11.5. The number of amides is 7. The van der Waals surface area contributed by atoms with Crippen LogP contribution in [0.25, 0.3) is 0 Å². The van der Waals surface area contributed by atoms with Crippen molar-refractivity contribution in [3.05, 3.63) is 0 Å². The van der Waals surface area contributed by atoms with Crippen LogP contribution in [0.5, 0.6) is 0 Å². The van der Waals surface area contributed by atoms with Crippen LogP contribution in [0.15, 0.2) is 0 Å². The first-order chi connectivity index (χ1) is 21.4. The Morgan fingerprint density at radius 2 is 1.30 bits per heavy atom. The van der Waals surface area contributed by atoms with Crippen molar-refractivity contribution >= 4 is 65.9 Å². The predicted octanol–water partition coefficient (Wildman–Crippen LogP) is -3.23. The zero-order chi connectivity index (χ0) is 35.1. The highest BCUT2D eigenvalue weighted by Gasteiger charge is 2.32. The molecule has 0 aromatic carbocycles. The van der Waals surface area contributed by atoms with Gasteiger partial charge in [-0.15, -0.1) is 0 Å². The van der Waals surface area contributed by atoms with E-state index in [1.54, 1.807) is 13.8 Å². The standard InChI is InChI=1S/C27H43N7O11S/c1-12(2)8-15-26(43)33-17(27(44)45)9-20(36)29-13(3)22(39)34-18(11-46)24(41)28-7-5-6-19(35)31-16(10-21(37)38)25(42)30-14(4)23(40)32-15/h12-18,46H,5-11H2,1-4H3,(H,28,41)(H,29,36)(H,30,42)(H,31,35)(H,32,40)(H,33,43)(H,34,39)(H,37,38)(H,44,45)/t13-,14+,15-,16-,17+,18-/m1/s1. The molecule has 46 heavy (non-hydrogen) atoms. The molecule has 1 fully saturated rings. The van der Waals surface area contributed by atoms with E-state index < -0.39 is 102 Å². The summed E-state index contributed by atoms with van der Waals surface area (Å²) in [7, 11) is 0. The minimum Gasteiger partial charge on any atom is -0.481 e. The lowest BCUT2D eigenvalue weighted by Gasteiger charge is -2.25. The van der Waals surface area contributed by atoms with Gasteiger partial charge >= 0.3 is 11.9 Å². The number of carboxylic acid groups (broad SMARTS) is 2. The fraction of sp³-hybridized carbons (Fsp3) is 0.667. The molecule has 0 unspecified atom stereocenters. The molecule has 1 saturated heterocycles. The lowest BCUT2D eigenvalue weighted by atomic mass is 10.0. The number of nitrogens with one attached hydrogen (secondary N) is 7. The quantitative estimate of drug-likeness (QED) is 0.125. The van der Waals surface area contributed by atoms with E-state index in [1.165, 1.54) is 13.8 Å². The zero-order valence-corrected chi connectivity index (χ0v) is 26.9. The number of thiol groups is 1. The van der Waals surface area contributed by atoms with Crippen LogP contribution in [-0.2, 0) is 43.2 Å². The summed E-state index contributed by atoms with van der Waals surface area (Å²) in [6, 6.07) is -8.30. The van der Waals surface area contributed by atoms with Crippen molar-refractivity contribution in [1.29, 1.82) is 0 Å². The van der Waals surface area contributed by atoms with Gasteiger partial charge in [0.05, 0.1) is 12.8 Å². The highest BCUT2D eigenvalue weighted by Crippen LogP contribution is 2.08. The molecule has 0 spiro atoms. The summed E-state index contributed by atoms with van der Waals surface area (Å²) in [6.45, 7) is 5.97. The second-order valence-electron chi connectivity index (χ2n) is 11.2. The molecule has 0 bridgehead atoms. The molecule has 7 amide bonds. The van der Waals surface area contributed by atoms with Gasteiger partial charge in [-0.2, -0.15) is 12.6 Å². The van der Waals surface area contributed by atoms with Crippen LogP contribution in [0.3, 0.4) is 0 Å². The molecule has 9 N–H and O–H groups in total. The summed E-state index contributed by atoms with van der Waals surface area (Å²) in [6.07, 6.45) is -1.70. The molecule has 1 heterocycles. The fourth-order valence-corrected chi connectivity index (χ4v) is 4.38. The minimum atomic E-state index is -1.76. The van der Waals surface area contributed by atoms with E-state index in [4.69, 9.17) is 0 Å². The molecule has 0 aromatic rings. The number of carboxylic acids is 2. The monoisotopic (exact) mass is 673 g/mol. The molecular weight excluding hydrogens is 630 g/mol. The number of hydrogen-bond acceptors (Lipinski definition) is 10. The molecule has 19 heteroatoms. The van der Waals surface area contributed by atoms with Crippen LogP contribution in [0.4, 0.5) is 0 Å². The van der Waals surface area contributed by atoms with Gasteiger partial charge in [0, 0.05) is 18.7 Å². The molecule has 0 saturated carbocycles. The van der Waals surface area contributed by atoms with E-state index in [-0.39, 0.29) is 37.5 Å². The Morgan fingerprint density at radius 1 is 0.739 bits per heavy atom. The smallest absolute Gasteiger partial charge is 0.326 e. The second kappa shape index (κ2) is 19.2. The first-order valence-corrected chi connectivity index (χ1v) is 15.2. The van der Waals surface area contributed by atoms with E-state index in [0.29, 0.717) is 0 Å². The highest BCUT2D eigenvalue weighted by atomic mass is 32.1. The van der Waals surface area contributed by atoms with Crippen LogP contribution in [0.1, 0.15) is 59.8 Å². The van der Waals surface area contributed by atoms with E-state index in [9.17, 15) is 53.4 Å². The van der Waals surface area contributed by atoms with E-state index in [0.717, 1.165) is 0 Å². The SMILES string of the molecule is CC(C)C[C@H]1NC(=O)[C@H](C)NC(=O)[C@@H](CC(=O)O)NC(=O)CCCNC(=O)[C@@H](CS)NC(=O)[C@@H](C)NC(=O)C[C@@H](C(=O)O)NC1=O. The van der Waals surface area contributed by atoms with Gasteiger partial charge in [0.1, 0.15) is 36.3 Å². The Labute approximate surface area is 270 Å². The lowest BCUT2D eigenvalue weighted by Crippen LogP contribution is -2.58. The lowest BCUT2D eigenvalue weighted by molar-refractivity contribution is -0.144. The first-order valence-electron chi connectivity index (χ1n) is 14.6. The molecule has 0 aromatic heterocycles. The summed E-state index contributed by atoms with van der Waals surface area (Å²) in [5, 5.41) is 35.3. The van der Waals surface area contributed by atoms with Gasteiger partial charge in [0.15, 0.2) is 0 Å². The van der Waals surface area contributed by atoms with Crippen LogP contribution >= 0.6 is 12.6 Å². The van der Waals surface area contributed by atoms with Crippen molar-refractivity contribution in [2.45, 2.75) is 96.1 Å². The highest BCUT2D eigenvalue weighted by molar-refractivity contribution is 7.80. The topological polar surface area (TPSA) is 278 Å². The maximum absolute atomic E-state index is 13.1. The summed E-state index contributed by atoms with van der Waals surface area (Å²) in [5.41, 5.74) is 0. The van der Waals surface area contributed by atoms with Crippen molar-refractivity contribution in [3.63, 3.8) is 0 Å². The van der Waals surface area contributed by atoms with Gasteiger partial charge in [-0.25, -0.2) is 4.79 Å². The Kier molecular flexibility index (Phi) is 16.5. The fourth-order valence-electron chi connectivity index (χ4n) is 4.13. The third-order valence-electron chi connectivity index (χ3n) is 6.59. The van der Waals surface area contributed by atoms with Crippen LogP contribution in [0.2, 0.25) is 0 Å². The number of hydrogen-bond donors (Lipinski definition) is 10. The number of carbonyl (C=O) groups is 9. The van der Waals surface area contributed by atoms with Crippen molar-refractivity contribution in [1.82, 2.24) is 37.2 Å². The van der Waals surface area contributed by atoms with Crippen molar-refractivity contribution < 1.29 is 53.4 Å². The summed E-state index contributed by atoms with van der Waals surface area (Å²) in [4.78, 5) is 112. The maximum atomic E-state index is 13.1. The normalized spacial score (nSPS) is 27.0. The molecule has 1 aliphatic heterocycles. The van der Waals surface area contributed by atoms with Crippen LogP contribution in [-0.4, -0.2) is 112 Å². The van der Waals surface area contributed by atoms with Gasteiger partial charge in [0.2, 0.25) is 41.4 Å². The zero-order valence-electron chi connectivity index (χ0n) is 26.0. The van der Waals surface area contributed by atoms with E-state index >= 15 is 0 Å². The molecule has 0 aliphatic carbocycles. The Morgan fingerprint density at radius 3 is 1.85 bits per heavy atom. The molecular formula is C27H43N7O11S. The van der Waals surface area contributed by atoms with Gasteiger partial charge < -0.3 is 47.4 Å². The van der Waals surface area contributed by atoms with E-state index in [2.05, 4.69) is 49.8 Å². The summed E-state index contributed by atoms with van der Waals surface area (Å²) >= 11 is 4.06. The number of aliphatic carboxylic acids is 2. The van der Waals surface area contributed by atoms with Crippen molar-refractivity contribution in [2.75, 3.05) is 12.3 Å².